The second-order valence-electron chi connectivity index (χ2n) is 4.16. The van der Waals surface area contributed by atoms with Crippen LogP contribution in [-0.4, -0.2) is 13.7 Å². The highest BCUT2D eigenvalue weighted by Gasteiger charge is 2.18. The Bertz CT molecular complexity index is 729. The summed E-state index contributed by atoms with van der Waals surface area (Å²) in [6.07, 6.45) is 3.45. The van der Waals surface area contributed by atoms with Crippen LogP contribution in [-0.2, 0) is 6.61 Å². The number of aromatic nitrogens is 3. The minimum atomic E-state index is 0.355. The van der Waals surface area contributed by atoms with Gasteiger partial charge in [0.2, 0.25) is 0 Å². The molecule has 4 nitrogen and oxygen atoms in total. The van der Waals surface area contributed by atoms with Gasteiger partial charge in [0.1, 0.15) is 6.61 Å². The molecule has 0 atom stereocenters. The summed E-state index contributed by atoms with van der Waals surface area (Å²) < 4.78 is 14.1. The molecule has 21 heavy (non-hydrogen) atoms. The average Bonchev–Trinajstić information content (AvgIpc) is 2.94. The van der Waals surface area contributed by atoms with Gasteiger partial charge in [0.25, 0.3) is 5.88 Å². The van der Waals surface area contributed by atoms with E-state index in [1.54, 1.807) is 30.6 Å². The molecular formula is C14H9Cl2N3OS. The van der Waals surface area contributed by atoms with Gasteiger partial charge in [-0.05, 0) is 18.2 Å². The first-order chi connectivity index (χ1) is 10.3. The molecular weight excluding hydrogens is 329 g/mol. The molecule has 3 rings (SSSR count). The standard InChI is InChI=1S/C14H9Cl2N3OS/c15-10-4-1-5-11(16)12(10)13-14(19-21-18-13)20-8-9-3-2-6-17-7-9/h1-7H,8H2. The predicted octanol–water partition coefficient (Wildman–Crippen LogP) is 4.49. The number of nitrogens with zero attached hydrogens (tertiary/aromatic N) is 3. The van der Waals surface area contributed by atoms with Crippen LogP contribution in [0.3, 0.4) is 0 Å². The number of pyridine rings is 1. The second kappa shape index (κ2) is 6.39. The van der Waals surface area contributed by atoms with Gasteiger partial charge in [0, 0.05) is 23.5 Å². The second-order valence-corrected chi connectivity index (χ2v) is 5.51. The van der Waals surface area contributed by atoms with E-state index < -0.39 is 0 Å². The summed E-state index contributed by atoms with van der Waals surface area (Å²) in [4.78, 5) is 4.04. The van der Waals surface area contributed by atoms with Crippen molar-refractivity contribution in [2.75, 3.05) is 0 Å². The topological polar surface area (TPSA) is 47.9 Å². The molecule has 7 heteroatoms. The Morgan fingerprint density at radius 2 is 1.86 bits per heavy atom. The van der Waals surface area contributed by atoms with Crippen LogP contribution in [0.5, 0.6) is 5.88 Å². The molecule has 1 aromatic carbocycles. The van der Waals surface area contributed by atoms with E-state index in [-0.39, 0.29) is 0 Å². The van der Waals surface area contributed by atoms with Gasteiger partial charge in [-0.2, -0.15) is 4.37 Å². The molecule has 0 aliphatic carbocycles. The van der Waals surface area contributed by atoms with Crippen molar-refractivity contribution in [2.45, 2.75) is 6.61 Å². The first-order valence-corrected chi connectivity index (χ1v) is 7.53. The molecule has 0 aliphatic heterocycles. The number of hydrogen-bond donors (Lipinski definition) is 0. The molecule has 0 aliphatic rings. The first-order valence-electron chi connectivity index (χ1n) is 6.04. The lowest BCUT2D eigenvalue weighted by molar-refractivity contribution is 0.297. The maximum Gasteiger partial charge on any atom is 0.254 e. The lowest BCUT2D eigenvalue weighted by Crippen LogP contribution is -1.97. The number of halogens is 2. The summed E-state index contributed by atoms with van der Waals surface area (Å²) in [5.74, 6) is 0.416. The molecule has 0 unspecified atom stereocenters. The van der Waals surface area contributed by atoms with Crippen LogP contribution in [0.1, 0.15) is 5.56 Å². The minimum Gasteiger partial charge on any atom is -0.471 e. The number of ether oxygens (including phenoxy) is 1. The molecule has 2 aromatic heterocycles. The van der Waals surface area contributed by atoms with E-state index in [0.717, 1.165) is 17.3 Å². The van der Waals surface area contributed by atoms with Gasteiger partial charge in [-0.3, -0.25) is 4.98 Å². The fourth-order valence-electron chi connectivity index (χ4n) is 1.79. The maximum atomic E-state index is 6.20. The summed E-state index contributed by atoms with van der Waals surface area (Å²) in [5, 5.41) is 1.03. The van der Waals surface area contributed by atoms with Crippen LogP contribution in [0.2, 0.25) is 10.0 Å². The fraction of sp³-hybridized carbons (Fsp3) is 0.0714. The quantitative estimate of drug-likeness (QED) is 0.703. The molecule has 2 heterocycles. The van der Waals surface area contributed by atoms with Crippen LogP contribution in [0.15, 0.2) is 42.7 Å². The van der Waals surface area contributed by atoms with Crippen molar-refractivity contribution in [3.8, 4) is 17.1 Å². The Morgan fingerprint density at radius 3 is 2.57 bits per heavy atom. The van der Waals surface area contributed by atoms with Gasteiger partial charge in [-0.25, -0.2) is 0 Å². The van der Waals surface area contributed by atoms with Gasteiger partial charge in [-0.15, -0.1) is 4.37 Å². The highest BCUT2D eigenvalue weighted by molar-refractivity contribution is 6.99. The third kappa shape index (κ3) is 3.15. The summed E-state index contributed by atoms with van der Waals surface area (Å²) in [5.41, 5.74) is 2.14. The van der Waals surface area contributed by atoms with E-state index >= 15 is 0 Å². The van der Waals surface area contributed by atoms with Crippen LogP contribution in [0.25, 0.3) is 11.3 Å². The van der Waals surface area contributed by atoms with Crippen molar-refractivity contribution in [2.24, 2.45) is 0 Å². The van der Waals surface area contributed by atoms with Gasteiger partial charge < -0.3 is 4.74 Å². The van der Waals surface area contributed by atoms with Gasteiger partial charge in [0.05, 0.1) is 21.8 Å². The van der Waals surface area contributed by atoms with Crippen molar-refractivity contribution in [1.82, 2.24) is 13.7 Å². The zero-order valence-corrected chi connectivity index (χ0v) is 13.0. The molecule has 0 spiro atoms. The van der Waals surface area contributed by atoms with Gasteiger partial charge in [0.15, 0.2) is 5.69 Å². The van der Waals surface area contributed by atoms with E-state index in [0.29, 0.717) is 33.8 Å². The Morgan fingerprint density at radius 1 is 1.05 bits per heavy atom. The molecule has 0 saturated heterocycles. The molecule has 0 bridgehead atoms. The van der Waals surface area contributed by atoms with Crippen LogP contribution in [0, 0.1) is 0 Å². The zero-order valence-electron chi connectivity index (χ0n) is 10.7. The molecule has 106 valence electrons. The van der Waals surface area contributed by atoms with Crippen LogP contribution < -0.4 is 4.74 Å². The highest BCUT2D eigenvalue weighted by atomic mass is 35.5. The van der Waals surface area contributed by atoms with E-state index in [2.05, 4.69) is 13.7 Å². The maximum absolute atomic E-state index is 6.20. The monoisotopic (exact) mass is 337 g/mol. The summed E-state index contributed by atoms with van der Waals surface area (Å²) in [6, 6.07) is 9.07. The van der Waals surface area contributed by atoms with Crippen molar-refractivity contribution in [3.63, 3.8) is 0 Å². The Labute approximate surface area is 135 Å². The fourth-order valence-corrected chi connectivity index (χ4v) is 2.87. The highest BCUT2D eigenvalue weighted by Crippen LogP contribution is 2.38. The summed E-state index contributed by atoms with van der Waals surface area (Å²) in [7, 11) is 0. The van der Waals surface area contributed by atoms with Gasteiger partial charge in [-0.1, -0.05) is 35.3 Å². The molecule has 3 aromatic rings. The Kier molecular flexibility index (Phi) is 4.34. The smallest absolute Gasteiger partial charge is 0.254 e. The van der Waals surface area contributed by atoms with Crippen LogP contribution >= 0.6 is 34.9 Å². The van der Waals surface area contributed by atoms with E-state index in [1.807, 2.05) is 12.1 Å². The Balaban J connectivity index is 1.88. The number of benzene rings is 1. The third-order valence-corrected chi connectivity index (χ3v) is 3.90. The molecule has 0 N–H and O–H groups in total. The first kappa shape index (κ1) is 14.3. The summed E-state index contributed by atoms with van der Waals surface area (Å²) >= 11 is 13.4. The zero-order chi connectivity index (χ0) is 14.7. The minimum absolute atomic E-state index is 0.355. The number of hydrogen-bond acceptors (Lipinski definition) is 5. The van der Waals surface area contributed by atoms with E-state index in [4.69, 9.17) is 27.9 Å². The summed E-state index contributed by atoms with van der Waals surface area (Å²) in [6.45, 7) is 0.355. The van der Waals surface area contributed by atoms with E-state index in [1.165, 1.54) is 0 Å². The van der Waals surface area contributed by atoms with Crippen molar-refractivity contribution >= 4 is 34.9 Å². The largest absolute Gasteiger partial charge is 0.471 e. The molecule has 0 fully saturated rings. The third-order valence-electron chi connectivity index (χ3n) is 2.76. The average molecular weight is 338 g/mol. The van der Waals surface area contributed by atoms with Gasteiger partial charge >= 0.3 is 0 Å². The van der Waals surface area contributed by atoms with Crippen LogP contribution in [0.4, 0.5) is 0 Å². The number of rotatable bonds is 4. The molecule has 0 radical (unpaired) electrons. The lowest BCUT2D eigenvalue weighted by atomic mass is 10.1. The van der Waals surface area contributed by atoms with Crippen molar-refractivity contribution in [1.29, 1.82) is 0 Å². The van der Waals surface area contributed by atoms with Crippen molar-refractivity contribution < 1.29 is 4.74 Å². The lowest BCUT2D eigenvalue weighted by Gasteiger charge is -2.07. The molecule has 0 saturated carbocycles. The normalized spacial score (nSPS) is 10.6. The molecule has 0 amide bonds. The SMILES string of the molecule is Clc1cccc(Cl)c1-c1nsnc1OCc1cccnc1. The predicted molar refractivity (Wildman–Crippen MR) is 83.9 cm³/mol. The Hall–Kier alpha value is -1.69. The van der Waals surface area contributed by atoms with E-state index in [9.17, 15) is 0 Å². The van der Waals surface area contributed by atoms with Crippen molar-refractivity contribution in [3.05, 3.63) is 58.3 Å².